The molecule has 2 aromatic carbocycles. The third kappa shape index (κ3) is 3.79. The van der Waals surface area contributed by atoms with Crippen LogP contribution in [-0.2, 0) is 4.74 Å². The number of anilines is 2. The number of nitrogen functional groups attached to an aromatic ring is 1. The summed E-state index contributed by atoms with van der Waals surface area (Å²) in [5.41, 5.74) is 8.40. The van der Waals surface area contributed by atoms with Gasteiger partial charge in [-0.25, -0.2) is 18.4 Å². The Morgan fingerprint density at radius 2 is 1.94 bits per heavy atom. The molecule has 0 radical (unpaired) electrons. The standard InChI is InChI=1S/C22H20F2N6O/c23-14-8-6-13(7-9-14)19-18-20(25)30(16-4-1-3-15(24)11-16)29-21(18)28-22(27-19)26-12-17-5-2-10-31-17/h1,3-4,6-9,11,17H,2,5,10,12,25H2,(H,26,28,29). The second kappa shape index (κ2) is 7.92. The van der Waals surface area contributed by atoms with Gasteiger partial charge >= 0.3 is 0 Å². The highest BCUT2D eigenvalue weighted by molar-refractivity contribution is 5.99. The van der Waals surface area contributed by atoms with Crippen LogP contribution >= 0.6 is 0 Å². The molecule has 0 aliphatic carbocycles. The average Bonchev–Trinajstić information content (AvgIpc) is 3.40. The van der Waals surface area contributed by atoms with Gasteiger partial charge in [0.1, 0.15) is 17.5 Å². The van der Waals surface area contributed by atoms with Crippen molar-refractivity contribution in [3.63, 3.8) is 0 Å². The summed E-state index contributed by atoms with van der Waals surface area (Å²) in [4.78, 5) is 9.15. The SMILES string of the molecule is Nc1c2c(-c3ccc(F)cc3)nc(NCC3CCCO3)nc2nn1-c1cccc(F)c1. The van der Waals surface area contributed by atoms with Crippen molar-refractivity contribution in [2.75, 3.05) is 24.2 Å². The van der Waals surface area contributed by atoms with Gasteiger partial charge in [0.25, 0.3) is 0 Å². The summed E-state index contributed by atoms with van der Waals surface area (Å²) in [5.74, 6) is -0.119. The first kappa shape index (κ1) is 19.4. The molecule has 3 heterocycles. The minimum atomic E-state index is -0.403. The topological polar surface area (TPSA) is 90.9 Å². The maximum absolute atomic E-state index is 13.8. The van der Waals surface area contributed by atoms with E-state index in [1.807, 2.05) is 0 Å². The minimum Gasteiger partial charge on any atom is -0.383 e. The summed E-state index contributed by atoms with van der Waals surface area (Å²) in [6.45, 7) is 1.32. The molecular weight excluding hydrogens is 402 g/mol. The third-order valence-corrected chi connectivity index (χ3v) is 5.25. The first-order valence-electron chi connectivity index (χ1n) is 10.0. The van der Waals surface area contributed by atoms with Crippen LogP contribution in [0.2, 0.25) is 0 Å². The molecule has 7 nitrogen and oxygen atoms in total. The molecule has 31 heavy (non-hydrogen) atoms. The molecule has 0 amide bonds. The molecule has 5 rings (SSSR count). The molecule has 1 unspecified atom stereocenters. The van der Waals surface area contributed by atoms with Crippen molar-refractivity contribution in [2.24, 2.45) is 0 Å². The van der Waals surface area contributed by atoms with E-state index in [9.17, 15) is 8.78 Å². The van der Waals surface area contributed by atoms with Gasteiger partial charge in [-0.3, -0.25) is 0 Å². The molecule has 158 valence electrons. The Hall–Kier alpha value is -3.59. The van der Waals surface area contributed by atoms with Crippen LogP contribution in [0.25, 0.3) is 28.0 Å². The molecule has 1 aliphatic rings. The highest BCUT2D eigenvalue weighted by Gasteiger charge is 2.21. The first-order valence-corrected chi connectivity index (χ1v) is 10.0. The van der Waals surface area contributed by atoms with Crippen molar-refractivity contribution in [3.8, 4) is 16.9 Å². The lowest BCUT2D eigenvalue weighted by molar-refractivity contribution is 0.120. The van der Waals surface area contributed by atoms with E-state index in [1.165, 1.54) is 28.9 Å². The fourth-order valence-corrected chi connectivity index (χ4v) is 3.72. The fraction of sp³-hybridized carbons (Fsp3) is 0.227. The van der Waals surface area contributed by atoms with Crippen molar-refractivity contribution in [1.29, 1.82) is 0 Å². The van der Waals surface area contributed by atoms with Crippen molar-refractivity contribution >= 4 is 22.8 Å². The molecule has 9 heteroatoms. The number of aromatic nitrogens is 4. The van der Waals surface area contributed by atoms with E-state index in [2.05, 4.69) is 20.4 Å². The second-order valence-electron chi connectivity index (χ2n) is 7.39. The fourth-order valence-electron chi connectivity index (χ4n) is 3.72. The number of hydrogen-bond donors (Lipinski definition) is 2. The Labute approximate surface area is 176 Å². The summed E-state index contributed by atoms with van der Waals surface area (Å²) in [6.07, 6.45) is 2.10. The van der Waals surface area contributed by atoms with Crippen molar-refractivity contribution in [2.45, 2.75) is 18.9 Å². The number of nitrogens with one attached hydrogen (secondary N) is 1. The Balaban J connectivity index is 1.63. The van der Waals surface area contributed by atoms with E-state index in [0.717, 1.165) is 19.4 Å². The van der Waals surface area contributed by atoms with Crippen LogP contribution in [0.3, 0.4) is 0 Å². The molecule has 1 saturated heterocycles. The Kier molecular flexibility index (Phi) is 4.95. The van der Waals surface area contributed by atoms with E-state index in [-0.39, 0.29) is 17.7 Å². The van der Waals surface area contributed by atoms with Crippen LogP contribution in [0.1, 0.15) is 12.8 Å². The van der Waals surface area contributed by atoms with E-state index in [4.69, 9.17) is 10.5 Å². The molecule has 1 atom stereocenters. The summed E-state index contributed by atoms with van der Waals surface area (Å²) >= 11 is 0. The molecule has 1 aliphatic heterocycles. The summed E-state index contributed by atoms with van der Waals surface area (Å²) in [5, 5.41) is 8.22. The third-order valence-electron chi connectivity index (χ3n) is 5.25. The van der Waals surface area contributed by atoms with Crippen LogP contribution in [0, 0.1) is 11.6 Å². The molecule has 4 aromatic rings. The van der Waals surface area contributed by atoms with Crippen molar-refractivity contribution < 1.29 is 13.5 Å². The highest BCUT2D eigenvalue weighted by Crippen LogP contribution is 2.33. The van der Waals surface area contributed by atoms with Gasteiger partial charge in [0.2, 0.25) is 5.95 Å². The van der Waals surface area contributed by atoms with Gasteiger partial charge in [0.05, 0.1) is 22.9 Å². The van der Waals surface area contributed by atoms with Gasteiger partial charge in [-0.15, -0.1) is 5.10 Å². The van der Waals surface area contributed by atoms with Gasteiger partial charge < -0.3 is 15.8 Å². The summed E-state index contributed by atoms with van der Waals surface area (Å²) < 4.78 is 34.3. The number of benzene rings is 2. The lowest BCUT2D eigenvalue weighted by atomic mass is 10.1. The monoisotopic (exact) mass is 422 g/mol. The summed E-state index contributed by atoms with van der Waals surface area (Å²) in [7, 11) is 0. The second-order valence-corrected chi connectivity index (χ2v) is 7.39. The minimum absolute atomic E-state index is 0.100. The predicted molar refractivity (Wildman–Crippen MR) is 114 cm³/mol. The Morgan fingerprint density at radius 3 is 2.68 bits per heavy atom. The molecule has 2 aromatic heterocycles. The molecule has 0 spiro atoms. The lowest BCUT2D eigenvalue weighted by Crippen LogP contribution is -2.19. The van der Waals surface area contributed by atoms with E-state index in [0.29, 0.717) is 40.5 Å². The maximum Gasteiger partial charge on any atom is 0.225 e. The van der Waals surface area contributed by atoms with Gasteiger partial charge in [-0.2, -0.15) is 4.98 Å². The van der Waals surface area contributed by atoms with Crippen LogP contribution in [0.4, 0.5) is 20.5 Å². The van der Waals surface area contributed by atoms with Gasteiger partial charge in [0, 0.05) is 18.7 Å². The quantitative estimate of drug-likeness (QED) is 0.506. The van der Waals surface area contributed by atoms with Crippen molar-refractivity contribution in [1.82, 2.24) is 19.7 Å². The number of ether oxygens (including phenoxy) is 1. The van der Waals surface area contributed by atoms with Crippen LogP contribution < -0.4 is 11.1 Å². The molecule has 0 bridgehead atoms. The van der Waals surface area contributed by atoms with E-state index in [1.54, 1.807) is 24.3 Å². The van der Waals surface area contributed by atoms with E-state index >= 15 is 0 Å². The molecule has 3 N–H and O–H groups in total. The van der Waals surface area contributed by atoms with Crippen molar-refractivity contribution in [3.05, 3.63) is 60.2 Å². The first-order chi connectivity index (χ1) is 15.1. The zero-order valence-corrected chi connectivity index (χ0v) is 16.6. The zero-order chi connectivity index (χ0) is 21.4. The summed E-state index contributed by atoms with van der Waals surface area (Å²) in [6, 6.07) is 11.9. The maximum atomic E-state index is 13.8. The smallest absolute Gasteiger partial charge is 0.225 e. The van der Waals surface area contributed by atoms with Crippen LogP contribution in [0.5, 0.6) is 0 Å². The number of hydrogen-bond acceptors (Lipinski definition) is 6. The normalized spacial score (nSPS) is 16.1. The van der Waals surface area contributed by atoms with Crippen LogP contribution in [-0.4, -0.2) is 39.0 Å². The van der Waals surface area contributed by atoms with Gasteiger partial charge in [0.15, 0.2) is 5.65 Å². The number of nitrogens with two attached hydrogens (primary N) is 1. The molecule has 0 saturated carbocycles. The Bertz CT molecular complexity index is 1230. The largest absolute Gasteiger partial charge is 0.383 e. The number of halogens is 2. The van der Waals surface area contributed by atoms with Crippen LogP contribution in [0.15, 0.2) is 48.5 Å². The van der Waals surface area contributed by atoms with E-state index < -0.39 is 5.82 Å². The average molecular weight is 422 g/mol. The van der Waals surface area contributed by atoms with Gasteiger partial charge in [-0.1, -0.05) is 6.07 Å². The van der Waals surface area contributed by atoms with Gasteiger partial charge in [-0.05, 0) is 55.3 Å². The highest BCUT2D eigenvalue weighted by atomic mass is 19.1. The molecule has 1 fully saturated rings. The number of fused-ring (bicyclic) bond motifs is 1. The lowest BCUT2D eigenvalue weighted by Gasteiger charge is -2.12. The predicted octanol–water partition coefficient (Wildman–Crippen LogP) is 3.93. The number of nitrogens with zero attached hydrogens (tertiary/aromatic N) is 4. The number of rotatable bonds is 5. The molecular formula is C22H20F2N6O. The Morgan fingerprint density at radius 1 is 1.10 bits per heavy atom. The zero-order valence-electron chi connectivity index (χ0n) is 16.6.